The lowest BCUT2D eigenvalue weighted by Gasteiger charge is -2.29. The Morgan fingerprint density at radius 3 is 3.00 bits per heavy atom. The van der Waals surface area contributed by atoms with Gasteiger partial charge in [-0.1, -0.05) is 32.0 Å². The summed E-state index contributed by atoms with van der Waals surface area (Å²) in [7, 11) is 0. The zero-order valence-corrected chi connectivity index (χ0v) is 13.4. The molecular formula is C14H26N2S2. The maximum absolute atomic E-state index is 4.68. The van der Waals surface area contributed by atoms with E-state index < -0.39 is 0 Å². The van der Waals surface area contributed by atoms with Gasteiger partial charge >= 0.3 is 0 Å². The van der Waals surface area contributed by atoms with Gasteiger partial charge in [0.1, 0.15) is 0 Å². The Morgan fingerprint density at radius 2 is 2.28 bits per heavy atom. The quantitative estimate of drug-likeness (QED) is 0.851. The molecule has 3 atom stereocenters. The zero-order valence-electron chi connectivity index (χ0n) is 11.8. The van der Waals surface area contributed by atoms with E-state index in [1.54, 1.807) is 0 Å². The summed E-state index contributed by atoms with van der Waals surface area (Å²) < 4.78 is 0. The van der Waals surface area contributed by atoms with Crippen LogP contribution < -0.4 is 5.32 Å². The Hall–Kier alpha value is 0.170. The average molecular weight is 287 g/mol. The number of nitrogens with one attached hydrogen (secondary N) is 1. The second kappa shape index (κ2) is 7.09. The zero-order chi connectivity index (χ0) is 13.0. The maximum atomic E-state index is 4.68. The summed E-state index contributed by atoms with van der Waals surface area (Å²) in [6.45, 7) is 5.62. The van der Waals surface area contributed by atoms with E-state index >= 15 is 0 Å². The van der Waals surface area contributed by atoms with Crippen molar-refractivity contribution in [2.75, 3.05) is 12.8 Å². The van der Waals surface area contributed by atoms with Crippen LogP contribution in [0.3, 0.4) is 0 Å². The molecule has 0 aromatic carbocycles. The minimum Gasteiger partial charge on any atom is -0.362 e. The Balaban J connectivity index is 1.74. The van der Waals surface area contributed by atoms with Crippen molar-refractivity contribution in [1.82, 2.24) is 5.32 Å². The normalized spacial score (nSPS) is 32.7. The van der Waals surface area contributed by atoms with Crippen LogP contribution in [0.25, 0.3) is 0 Å². The van der Waals surface area contributed by atoms with Gasteiger partial charge in [0.15, 0.2) is 5.17 Å². The maximum Gasteiger partial charge on any atom is 0.157 e. The summed E-state index contributed by atoms with van der Waals surface area (Å²) in [6, 6.07) is 0.667. The van der Waals surface area contributed by atoms with Crippen LogP contribution in [0.2, 0.25) is 0 Å². The first-order chi connectivity index (χ1) is 8.67. The number of aliphatic imine (C=N–C) groups is 1. The van der Waals surface area contributed by atoms with Gasteiger partial charge in [0.2, 0.25) is 0 Å². The van der Waals surface area contributed by atoms with Crippen LogP contribution in [0.4, 0.5) is 0 Å². The molecule has 1 aliphatic carbocycles. The van der Waals surface area contributed by atoms with E-state index in [1.165, 1.54) is 37.3 Å². The predicted molar refractivity (Wildman–Crippen MR) is 85.8 cm³/mol. The van der Waals surface area contributed by atoms with Crippen molar-refractivity contribution in [1.29, 1.82) is 0 Å². The Bertz CT molecular complexity index is 292. The number of nitrogens with zero attached hydrogens (tertiary/aromatic N) is 1. The van der Waals surface area contributed by atoms with Gasteiger partial charge in [-0.05, 0) is 37.9 Å². The molecule has 0 spiro atoms. The molecule has 0 bridgehead atoms. The Morgan fingerprint density at radius 1 is 1.44 bits per heavy atom. The molecule has 4 heteroatoms. The molecule has 1 N–H and O–H groups in total. The Kier molecular flexibility index (Phi) is 5.74. The number of thioether (sulfide) groups is 2. The molecule has 2 rings (SSSR count). The average Bonchev–Trinajstić information content (AvgIpc) is 2.76. The Labute approximate surface area is 120 Å². The lowest BCUT2D eigenvalue weighted by molar-refractivity contribution is 0.424. The third-order valence-corrected chi connectivity index (χ3v) is 5.98. The number of hydrogen-bond acceptors (Lipinski definition) is 4. The number of rotatable bonds is 4. The van der Waals surface area contributed by atoms with E-state index in [0.717, 1.165) is 17.7 Å². The molecule has 0 radical (unpaired) electrons. The van der Waals surface area contributed by atoms with E-state index in [4.69, 9.17) is 0 Å². The van der Waals surface area contributed by atoms with Gasteiger partial charge in [-0.2, -0.15) is 11.8 Å². The van der Waals surface area contributed by atoms with Crippen molar-refractivity contribution in [2.24, 2.45) is 10.9 Å². The molecule has 0 aromatic heterocycles. The molecule has 1 heterocycles. The summed E-state index contributed by atoms with van der Waals surface area (Å²) in [5.74, 6) is 0.785. The van der Waals surface area contributed by atoms with Crippen molar-refractivity contribution in [3.05, 3.63) is 0 Å². The van der Waals surface area contributed by atoms with Crippen LogP contribution in [0, 0.1) is 5.92 Å². The van der Waals surface area contributed by atoms with Crippen molar-refractivity contribution in [3.8, 4) is 0 Å². The summed E-state index contributed by atoms with van der Waals surface area (Å²) in [4.78, 5) is 4.68. The summed E-state index contributed by atoms with van der Waals surface area (Å²) >= 11 is 4.00. The van der Waals surface area contributed by atoms with Gasteiger partial charge in [0.05, 0.1) is 6.54 Å². The van der Waals surface area contributed by atoms with Crippen LogP contribution >= 0.6 is 23.5 Å². The highest BCUT2D eigenvalue weighted by molar-refractivity contribution is 8.14. The van der Waals surface area contributed by atoms with Crippen LogP contribution in [-0.2, 0) is 0 Å². The number of hydrogen-bond donors (Lipinski definition) is 1. The molecule has 0 aromatic rings. The fraction of sp³-hybridized carbons (Fsp3) is 0.929. The molecule has 2 nitrogen and oxygen atoms in total. The lowest BCUT2D eigenvalue weighted by atomic mass is 9.95. The van der Waals surface area contributed by atoms with Crippen molar-refractivity contribution in [3.63, 3.8) is 0 Å². The monoisotopic (exact) mass is 286 g/mol. The summed E-state index contributed by atoms with van der Waals surface area (Å²) in [6.07, 6.45) is 8.94. The number of amidine groups is 1. The molecule has 3 unspecified atom stereocenters. The largest absolute Gasteiger partial charge is 0.362 e. The molecule has 1 fully saturated rings. The highest BCUT2D eigenvalue weighted by Gasteiger charge is 2.25. The van der Waals surface area contributed by atoms with Gasteiger partial charge in [-0.25, -0.2) is 0 Å². The predicted octanol–water partition coefficient (Wildman–Crippen LogP) is 3.77. The first-order valence-electron chi connectivity index (χ1n) is 7.17. The topological polar surface area (TPSA) is 24.4 Å². The lowest BCUT2D eigenvalue weighted by Crippen LogP contribution is -2.37. The van der Waals surface area contributed by atoms with E-state index in [2.05, 4.69) is 30.4 Å². The minimum atomic E-state index is 0.667. The van der Waals surface area contributed by atoms with Crippen molar-refractivity contribution < 1.29 is 0 Å². The van der Waals surface area contributed by atoms with Gasteiger partial charge < -0.3 is 5.32 Å². The van der Waals surface area contributed by atoms with Crippen LogP contribution in [-0.4, -0.2) is 34.5 Å². The van der Waals surface area contributed by atoms with Crippen LogP contribution in [0.5, 0.6) is 0 Å². The van der Waals surface area contributed by atoms with Gasteiger partial charge in [-0.15, -0.1) is 0 Å². The molecule has 1 aliphatic heterocycles. The summed E-state index contributed by atoms with van der Waals surface area (Å²) in [5.41, 5.74) is 0. The van der Waals surface area contributed by atoms with E-state index in [0.29, 0.717) is 11.3 Å². The van der Waals surface area contributed by atoms with Gasteiger partial charge in [0, 0.05) is 16.5 Å². The third kappa shape index (κ3) is 4.37. The molecule has 1 saturated carbocycles. The summed E-state index contributed by atoms with van der Waals surface area (Å²) in [5, 5.41) is 6.47. The SMILES string of the molecule is CSC1CCCC(NC2=NCC(CC(C)C)S2)C1. The van der Waals surface area contributed by atoms with Crippen LogP contribution in [0.15, 0.2) is 4.99 Å². The third-order valence-electron chi connectivity index (χ3n) is 3.74. The molecule has 0 amide bonds. The fourth-order valence-electron chi connectivity index (χ4n) is 2.81. The van der Waals surface area contributed by atoms with Crippen LogP contribution in [0.1, 0.15) is 46.0 Å². The highest BCUT2D eigenvalue weighted by Crippen LogP contribution is 2.29. The second-order valence-electron chi connectivity index (χ2n) is 5.88. The molecule has 104 valence electrons. The van der Waals surface area contributed by atoms with Crippen molar-refractivity contribution in [2.45, 2.75) is 62.5 Å². The fourth-order valence-corrected chi connectivity index (χ4v) is 4.97. The van der Waals surface area contributed by atoms with E-state index in [9.17, 15) is 0 Å². The second-order valence-corrected chi connectivity index (χ2v) is 8.31. The van der Waals surface area contributed by atoms with Gasteiger partial charge in [-0.3, -0.25) is 4.99 Å². The molecular weight excluding hydrogens is 260 g/mol. The smallest absolute Gasteiger partial charge is 0.157 e. The van der Waals surface area contributed by atoms with Gasteiger partial charge in [0.25, 0.3) is 0 Å². The molecule has 0 saturated heterocycles. The van der Waals surface area contributed by atoms with E-state index in [1.807, 2.05) is 23.5 Å². The standard InChI is InChI=1S/C14H26N2S2/c1-10(2)7-13-9-15-14(18-13)16-11-5-4-6-12(8-11)17-3/h10-13H,4-9H2,1-3H3,(H,15,16). The highest BCUT2D eigenvalue weighted by atomic mass is 32.2. The molecule has 18 heavy (non-hydrogen) atoms. The molecule has 2 aliphatic rings. The minimum absolute atomic E-state index is 0.667. The first kappa shape index (κ1) is 14.6. The van der Waals surface area contributed by atoms with Crippen molar-refractivity contribution >= 4 is 28.7 Å². The first-order valence-corrected chi connectivity index (χ1v) is 9.34. The van der Waals surface area contributed by atoms with E-state index in [-0.39, 0.29) is 0 Å².